The molecule has 0 radical (unpaired) electrons. The summed E-state index contributed by atoms with van der Waals surface area (Å²) in [6.07, 6.45) is -4.93. The number of aromatic nitrogens is 5. The van der Waals surface area contributed by atoms with Crippen molar-refractivity contribution in [1.82, 2.24) is 25.0 Å². The summed E-state index contributed by atoms with van der Waals surface area (Å²) in [4.78, 5) is 22.1. The van der Waals surface area contributed by atoms with E-state index in [1.54, 1.807) is 24.3 Å². The van der Waals surface area contributed by atoms with E-state index in [-0.39, 0.29) is 11.4 Å². The van der Waals surface area contributed by atoms with E-state index >= 15 is 0 Å². The lowest BCUT2D eigenvalue weighted by Crippen LogP contribution is -2.21. The van der Waals surface area contributed by atoms with E-state index in [0.717, 1.165) is 40.5 Å². The highest BCUT2D eigenvalue weighted by Gasteiger charge is 2.42. The third kappa shape index (κ3) is 5.22. The Balaban J connectivity index is 1.55. The Hall–Kier alpha value is -3.80. The van der Waals surface area contributed by atoms with E-state index in [2.05, 4.69) is 25.6 Å². The maximum Gasteiger partial charge on any atom is 0.435 e. The molecule has 0 saturated carbocycles. The number of hydrogen-bond acceptors (Lipinski definition) is 6. The molecule has 4 rings (SSSR count). The first-order valence-corrected chi connectivity index (χ1v) is 10.6. The summed E-state index contributed by atoms with van der Waals surface area (Å²) in [6.45, 7) is 3.72. The lowest BCUT2D eigenvalue weighted by Gasteiger charge is -2.11. The number of nitrogens with zero attached hydrogens (tertiary/aromatic N) is 5. The largest absolute Gasteiger partial charge is 0.435 e. The summed E-state index contributed by atoms with van der Waals surface area (Å²) >= 11 is 1.31. The van der Waals surface area contributed by atoms with Crippen molar-refractivity contribution in [2.75, 3.05) is 5.32 Å². The van der Waals surface area contributed by atoms with Gasteiger partial charge in [-0.05, 0) is 80.2 Å². The summed E-state index contributed by atoms with van der Waals surface area (Å²) in [6, 6.07) is 12.5. The number of aryl methyl sites for hydroxylation is 2. The molecule has 12 heteroatoms. The van der Waals surface area contributed by atoms with Gasteiger partial charge in [-0.25, -0.2) is 19.0 Å². The Bertz CT molecular complexity index is 1320. The Labute approximate surface area is 195 Å². The lowest BCUT2D eigenvalue weighted by atomic mass is 10.2. The zero-order valence-electron chi connectivity index (χ0n) is 17.8. The lowest BCUT2D eigenvalue weighted by molar-refractivity contribution is -0.143. The molecular formula is C22H16F4N6OS. The SMILES string of the molecule is Cc1cc(C)nc(Sc2ccc(NC(=O)c3nnn(-c4ccc(F)cc4)c3C(F)(F)F)cc2)n1. The maximum absolute atomic E-state index is 13.8. The third-order valence-electron chi connectivity index (χ3n) is 4.51. The molecule has 34 heavy (non-hydrogen) atoms. The monoisotopic (exact) mass is 488 g/mol. The molecule has 0 aliphatic heterocycles. The molecule has 0 bridgehead atoms. The van der Waals surface area contributed by atoms with Crippen LogP contribution in [0.4, 0.5) is 23.2 Å². The summed E-state index contributed by atoms with van der Waals surface area (Å²) < 4.78 is 54.9. The minimum absolute atomic E-state index is 0.0877. The summed E-state index contributed by atoms with van der Waals surface area (Å²) in [5.74, 6) is -1.71. The highest BCUT2D eigenvalue weighted by Crippen LogP contribution is 2.33. The number of nitrogens with one attached hydrogen (secondary N) is 1. The molecule has 0 saturated heterocycles. The number of halogens is 4. The van der Waals surface area contributed by atoms with Crippen molar-refractivity contribution in [3.05, 3.63) is 83.2 Å². The maximum atomic E-state index is 13.8. The topological polar surface area (TPSA) is 85.6 Å². The van der Waals surface area contributed by atoms with Gasteiger partial charge in [-0.3, -0.25) is 4.79 Å². The molecule has 2 aromatic carbocycles. The van der Waals surface area contributed by atoms with Gasteiger partial charge in [0.25, 0.3) is 5.91 Å². The zero-order valence-corrected chi connectivity index (χ0v) is 18.6. The summed E-state index contributed by atoms with van der Waals surface area (Å²) in [5, 5.41) is 9.86. The number of carbonyl (C=O) groups is 1. The number of rotatable bonds is 5. The first-order chi connectivity index (χ1) is 16.1. The first kappa shape index (κ1) is 23.4. The third-order valence-corrected chi connectivity index (χ3v) is 5.38. The van der Waals surface area contributed by atoms with Gasteiger partial charge in [0.15, 0.2) is 16.5 Å². The van der Waals surface area contributed by atoms with Gasteiger partial charge in [0.1, 0.15) is 5.82 Å². The molecule has 174 valence electrons. The Morgan fingerprint density at radius 2 is 1.59 bits per heavy atom. The van der Waals surface area contributed by atoms with Gasteiger partial charge < -0.3 is 5.32 Å². The Morgan fingerprint density at radius 1 is 0.971 bits per heavy atom. The highest BCUT2D eigenvalue weighted by atomic mass is 32.2. The fourth-order valence-corrected chi connectivity index (χ4v) is 3.96. The van der Waals surface area contributed by atoms with Crippen molar-refractivity contribution >= 4 is 23.4 Å². The number of benzene rings is 2. The molecule has 0 spiro atoms. The van der Waals surface area contributed by atoms with Crippen molar-refractivity contribution in [2.24, 2.45) is 0 Å². The average Bonchev–Trinajstić information content (AvgIpc) is 3.21. The van der Waals surface area contributed by atoms with Crippen LogP contribution in [0.3, 0.4) is 0 Å². The van der Waals surface area contributed by atoms with Gasteiger partial charge in [0.05, 0.1) is 5.69 Å². The van der Waals surface area contributed by atoms with Gasteiger partial charge in [0.2, 0.25) is 0 Å². The van der Waals surface area contributed by atoms with Crippen LogP contribution in [0.5, 0.6) is 0 Å². The Kier molecular flexibility index (Phi) is 6.33. The van der Waals surface area contributed by atoms with Gasteiger partial charge in [0, 0.05) is 22.0 Å². The van der Waals surface area contributed by atoms with Crippen molar-refractivity contribution < 1.29 is 22.4 Å². The molecule has 2 heterocycles. The van der Waals surface area contributed by atoms with Crippen LogP contribution < -0.4 is 5.32 Å². The molecule has 0 atom stereocenters. The molecule has 7 nitrogen and oxygen atoms in total. The predicted molar refractivity (Wildman–Crippen MR) is 116 cm³/mol. The molecule has 1 amide bonds. The van der Waals surface area contributed by atoms with Gasteiger partial charge in [-0.15, -0.1) is 5.10 Å². The molecule has 4 aromatic rings. The van der Waals surface area contributed by atoms with Crippen LogP contribution in [0.15, 0.2) is 64.6 Å². The number of carbonyl (C=O) groups excluding carboxylic acids is 1. The molecule has 0 fully saturated rings. The minimum Gasteiger partial charge on any atom is -0.321 e. The smallest absolute Gasteiger partial charge is 0.321 e. The number of alkyl halides is 3. The van der Waals surface area contributed by atoms with Crippen LogP contribution in [-0.2, 0) is 6.18 Å². The van der Waals surface area contributed by atoms with Gasteiger partial charge in [-0.2, -0.15) is 13.2 Å². The van der Waals surface area contributed by atoms with E-state index in [1.807, 2.05) is 19.9 Å². The quantitative estimate of drug-likeness (QED) is 0.306. The molecule has 2 aromatic heterocycles. The Morgan fingerprint density at radius 3 is 2.18 bits per heavy atom. The zero-order chi connectivity index (χ0) is 24.5. The second-order valence-corrected chi connectivity index (χ2v) is 8.23. The number of amides is 1. The van der Waals surface area contributed by atoms with Crippen LogP contribution in [-0.4, -0.2) is 30.9 Å². The van der Waals surface area contributed by atoms with Crippen LogP contribution in [0.25, 0.3) is 5.69 Å². The van der Waals surface area contributed by atoms with E-state index < -0.39 is 29.3 Å². The van der Waals surface area contributed by atoms with Crippen LogP contribution in [0, 0.1) is 19.7 Å². The van der Waals surface area contributed by atoms with Crippen LogP contribution >= 0.6 is 11.8 Å². The normalized spacial score (nSPS) is 11.5. The van der Waals surface area contributed by atoms with Crippen LogP contribution in [0.1, 0.15) is 27.6 Å². The minimum atomic E-state index is -4.93. The van der Waals surface area contributed by atoms with Crippen molar-refractivity contribution in [3.8, 4) is 5.69 Å². The standard InChI is InChI=1S/C22H16F4N6OS/c1-12-11-13(2)28-21(27-12)34-17-9-5-15(6-10-17)29-20(33)18-19(22(24,25)26)32(31-30-18)16-7-3-14(23)4-8-16/h3-11H,1-2H3,(H,29,33). The van der Waals surface area contributed by atoms with E-state index in [4.69, 9.17) is 0 Å². The van der Waals surface area contributed by atoms with Crippen molar-refractivity contribution in [2.45, 2.75) is 30.1 Å². The van der Waals surface area contributed by atoms with Crippen molar-refractivity contribution in [1.29, 1.82) is 0 Å². The molecule has 0 aliphatic carbocycles. The molecular weight excluding hydrogens is 472 g/mol. The fourth-order valence-electron chi connectivity index (χ4n) is 3.09. The van der Waals surface area contributed by atoms with Crippen molar-refractivity contribution in [3.63, 3.8) is 0 Å². The van der Waals surface area contributed by atoms with Gasteiger partial charge in [-0.1, -0.05) is 5.21 Å². The average molecular weight is 488 g/mol. The van der Waals surface area contributed by atoms with E-state index in [9.17, 15) is 22.4 Å². The fraction of sp³-hybridized carbons (Fsp3) is 0.136. The number of hydrogen-bond donors (Lipinski definition) is 1. The molecule has 0 aliphatic rings. The van der Waals surface area contributed by atoms with Crippen LogP contribution in [0.2, 0.25) is 0 Å². The highest BCUT2D eigenvalue weighted by molar-refractivity contribution is 7.99. The predicted octanol–water partition coefficient (Wildman–Crippen LogP) is 5.24. The van der Waals surface area contributed by atoms with Gasteiger partial charge >= 0.3 is 6.18 Å². The summed E-state index contributed by atoms with van der Waals surface area (Å²) in [7, 11) is 0. The van der Waals surface area contributed by atoms with E-state index in [0.29, 0.717) is 9.84 Å². The summed E-state index contributed by atoms with van der Waals surface area (Å²) in [5.41, 5.74) is -0.439. The second-order valence-electron chi connectivity index (χ2n) is 7.19. The first-order valence-electron chi connectivity index (χ1n) is 9.80. The van der Waals surface area contributed by atoms with E-state index in [1.165, 1.54) is 11.8 Å². The molecule has 1 N–H and O–H groups in total. The number of anilines is 1. The molecule has 0 unspecified atom stereocenters. The second kappa shape index (κ2) is 9.21.